The molecule has 0 saturated carbocycles. The number of amides is 1. The van der Waals surface area contributed by atoms with Gasteiger partial charge in [0.1, 0.15) is 29.0 Å². The van der Waals surface area contributed by atoms with E-state index in [2.05, 4.69) is 21.0 Å². The van der Waals surface area contributed by atoms with Crippen molar-refractivity contribution in [2.24, 2.45) is 0 Å². The highest BCUT2D eigenvalue weighted by Crippen LogP contribution is 2.34. The maximum absolute atomic E-state index is 15.8. The van der Waals surface area contributed by atoms with Gasteiger partial charge in [0.05, 0.1) is 5.39 Å². The summed E-state index contributed by atoms with van der Waals surface area (Å²) in [5, 5.41) is 2.53. The molecule has 8 heteroatoms. The van der Waals surface area contributed by atoms with Gasteiger partial charge in [-0.25, -0.2) is 19.2 Å². The average Bonchev–Trinajstić information content (AvgIpc) is 2.83. The van der Waals surface area contributed by atoms with Crippen molar-refractivity contribution < 1.29 is 13.9 Å². The van der Waals surface area contributed by atoms with E-state index < -0.39 is 11.4 Å². The van der Waals surface area contributed by atoms with E-state index in [1.165, 1.54) is 6.33 Å². The predicted octanol–water partition coefficient (Wildman–Crippen LogP) is 5.35. The van der Waals surface area contributed by atoms with Gasteiger partial charge in [-0.3, -0.25) is 4.98 Å². The van der Waals surface area contributed by atoms with E-state index in [1.807, 2.05) is 62.9 Å². The molecule has 0 atom stereocenters. The van der Waals surface area contributed by atoms with Gasteiger partial charge in [-0.2, -0.15) is 0 Å². The molecule has 1 amide bonds. The summed E-state index contributed by atoms with van der Waals surface area (Å²) in [6.07, 6.45) is 2.71. The highest BCUT2D eigenvalue weighted by molar-refractivity contribution is 5.99. The quantitative estimate of drug-likeness (QED) is 0.391. The first-order chi connectivity index (χ1) is 16.7. The number of halogens is 1. The topological polar surface area (TPSA) is 71.5 Å². The summed E-state index contributed by atoms with van der Waals surface area (Å²) in [4.78, 5) is 29.3. The van der Waals surface area contributed by atoms with Crippen molar-refractivity contribution in [1.82, 2.24) is 19.9 Å². The number of aryl methyl sites for hydroxylation is 1. The van der Waals surface area contributed by atoms with Gasteiger partial charge in [0.15, 0.2) is 5.82 Å². The van der Waals surface area contributed by atoms with Crippen LogP contribution in [0.1, 0.15) is 26.3 Å². The van der Waals surface area contributed by atoms with E-state index in [0.29, 0.717) is 37.4 Å². The minimum Gasteiger partial charge on any atom is -0.444 e. The SMILES string of the molecule is Cc1ccc2c(-c3ncc4c(N5CCN(C(=O)OC(C)(C)C)CC5)ncnc4c3F)cccc2c1. The fourth-order valence-electron chi connectivity index (χ4n) is 4.45. The first-order valence-electron chi connectivity index (χ1n) is 11.7. The molecule has 0 N–H and O–H groups in total. The normalized spacial score (nSPS) is 14.5. The van der Waals surface area contributed by atoms with Crippen LogP contribution in [0.25, 0.3) is 32.9 Å². The molecule has 1 fully saturated rings. The molecule has 0 aliphatic carbocycles. The second kappa shape index (κ2) is 8.76. The number of carbonyl (C=O) groups is 1. The van der Waals surface area contributed by atoms with Gasteiger partial charge < -0.3 is 14.5 Å². The van der Waals surface area contributed by atoms with Crippen LogP contribution < -0.4 is 4.90 Å². The Hall–Kier alpha value is -3.81. The number of hydrogen-bond acceptors (Lipinski definition) is 6. The summed E-state index contributed by atoms with van der Waals surface area (Å²) < 4.78 is 21.3. The van der Waals surface area contributed by atoms with E-state index >= 15 is 4.39 Å². The molecule has 2 aromatic heterocycles. The van der Waals surface area contributed by atoms with Crippen LogP contribution in [-0.4, -0.2) is 57.7 Å². The molecule has 1 aliphatic rings. The van der Waals surface area contributed by atoms with Gasteiger partial charge in [0, 0.05) is 37.9 Å². The number of aromatic nitrogens is 3. The zero-order valence-corrected chi connectivity index (χ0v) is 20.4. The lowest BCUT2D eigenvalue weighted by Gasteiger charge is -2.36. The predicted molar refractivity (Wildman–Crippen MR) is 135 cm³/mol. The third-order valence-electron chi connectivity index (χ3n) is 6.12. The Balaban J connectivity index is 1.46. The lowest BCUT2D eigenvalue weighted by atomic mass is 9.99. The summed E-state index contributed by atoms with van der Waals surface area (Å²) in [7, 11) is 0. The van der Waals surface area contributed by atoms with Gasteiger partial charge in [-0.1, -0.05) is 42.0 Å². The van der Waals surface area contributed by atoms with Crippen LogP contribution in [0, 0.1) is 12.7 Å². The molecule has 0 unspecified atom stereocenters. The highest BCUT2D eigenvalue weighted by Gasteiger charge is 2.27. The molecule has 180 valence electrons. The maximum atomic E-state index is 15.8. The van der Waals surface area contributed by atoms with Crippen LogP contribution in [0.4, 0.5) is 15.0 Å². The van der Waals surface area contributed by atoms with Crippen LogP contribution in [0.3, 0.4) is 0 Å². The Kier molecular flexibility index (Phi) is 5.75. The van der Waals surface area contributed by atoms with Gasteiger partial charge in [0.25, 0.3) is 0 Å². The third-order valence-corrected chi connectivity index (χ3v) is 6.12. The van der Waals surface area contributed by atoms with Crippen molar-refractivity contribution in [2.75, 3.05) is 31.1 Å². The molecular formula is C27H28FN5O2. The van der Waals surface area contributed by atoms with E-state index in [9.17, 15) is 4.79 Å². The Morgan fingerprint density at radius 1 is 1.00 bits per heavy atom. The number of piperazine rings is 1. The lowest BCUT2D eigenvalue weighted by molar-refractivity contribution is 0.0240. The number of fused-ring (bicyclic) bond motifs is 2. The van der Waals surface area contributed by atoms with E-state index in [1.54, 1.807) is 11.1 Å². The lowest BCUT2D eigenvalue weighted by Crippen LogP contribution is -2.50. The molecule has 0 radical (unpaired) electrons. The number of benzene rings is 2. The van der Waals surface area contributed by atoms with E-state index in [4.69, 9.17) is 4.74 Å². The second-order valence-corrected chi connectivity index (χ2v) is 9.86. The number of pyridine rings is 1. The Morgan fingerprint density at radius 3 is 2.51 bits per heavy atom. The number of anilines is 1. The van der Waals surface area contributed by atoms with Crippen molar-refractivity contribution >= 4 is 33.6 Å². The fourth-order valence-corrected chi connectivity index (χ4v) is 4.45. The van der Waals surface area contributed by atoms with Crippen molar-refractivity contribution in [3.05, 3.63) is 60.3 Å². The van der Waals surface area contributed by atoms with Gasteiger partial charge >= 0.3 is 6.09 Å². The molecule has 1 aliphatic heterocycles. The van der Waals surface area contributed by atoms with Crippen LogP contribution in [0.2, 0.25) is 0 Å². The Morgan fingerprint density at radius 2 is 1.77 bits per heavy atom. The zero-order valence-electron chi connectivity index (χ0n) is 20.4. The molecule has 4 aromatic rings. The van der Waals surface area contributed by atoms with Crippen molar-refractivity contribution in [1.29, 1.82) is 0 Å². The largest absolute Gasteiger partial charge is 0.444 e. The Labute approximate surface area is 203 Å². The maximum Gasteiger partial charge on any atom is 0.410 e. The highest BCUT2D eigenvalue weighted by atomic mass is 19.1. The number of hydrogen-bond donors (Lipinski definition) is 0. The van der Waals surface area contributed by atoms with E-state index in [0.717, 1.165) is 21.9 Å². The fraction of sp³-hybridized carbons (Fsp3) is 0.333. The number of ether oxygens (including phenoxy) is 1. The summed E-state index contributed by atoms with van der Waals surface area (Å²) in [5.41, 5.74) is 1.84. The molecule has 7 nitrogen and oxygen atoms in total. The summed E-state index contributed by atoms with van der Waals surface area (Å²) in [5.74, 6) is 0.150. The van der Waals surface area contributed by atoms with Crippen molar-refractivity contribution in [3.63, 3.8) is 0 Å². The summed E-state index contributed by atoms with van der Waals surface area (Å²) in [6, 6.07) is 11.9. The van der Waals surface area contributed by atoms with Crippen LogP contribution in [-0.2, 0) is 4.74 Å². The minimum atomic E-state index is -0.541. The number of rotatable bonds is 2. The molecule has 3 heterocycles. The molecule has 35 heavy (non-hydrogen) atoms. The van der Waals surface area contributed by atoms with Crippen LogP contribution >= 0.6 is 0 Å². The van der Waals surface area contributed by atoms with Gasteiger partial charge in [-0.05, 0) is 38.5 Å². The Bertz CT molecular complexity index is 1420. The summed E-state index contributed by atoms with van der Waals surface area (Å²) >= 11 is 0. The van der Waals surface area contributed by atoms with Crippen LogP contribution in [0.5, 0.6) is 0 Å². The standard InChI is InChI=1S/C27H28FN5O2/c1-17-8-9-19-18(14-17)6-5-7-20(19)23-22(28)24-21(15-29-23)25(31-16-30-24)32-10-12-33(13-11-32)26(34)35-27(2,3)4/h5-9,14-16H,10-13H2,1-4H3. The second-order valence-electron chi connectivity index (χ2n) is 9.86. The molecular weight excluding hydrogens is 445 g/mol. The van der Waals surface area contributed by atoms with Crippen molar-refractivity contribution in [3.8, 4) is 11.3 Å². The smallest absolute Gasteiger partial charge is 0.410 e. The average molecular weight is 474 g/mol. The summed E-state index contributed by atoms with van der Waals surface area (Å²) in [6.45, 7) is 9.67. The molecule has 1 saturated heterocycles. The zero-order chi connectivity index (χ0) is 24.7. The molecule has 5 rings (SSSR count). The number of carbonyl (C=O) groups excluding carboxylic acids is 1. The molecule has 0 spiro atoms. The molecule has 0 bridgehead atoms. The van der Waals surface area contributed by atoms with Gasteiger partial charge in [0.2, 0.25) is 0 Å². The van der Waals surface area contributed by atoms with Crippen molar-refractivity contribution in [2.45, 2.75) is 33.3 Å². The molecule has 2 aromatic carbocycles. The minimum absolute atomic E-state index is 0.235. The van der Waals surface area contributed by atoms with E-state index in [-0.39, 0.29) is 17.3 Å². The first kappa shape index (κ1) is 23.0. The third kappa shape index (κ3) is 4.48. The first-order valence-corrected chi connectivity index (χ1v) is 11.7. The van der Waals surface area contributed by atoms with Gasteiger partial charge in [-0.15, -0.1) is 0 Å². The number of nitrogens with zero attached hydrogens (tertiary/aromatic N) is 5. The van der Waals surface area contributed by atoms with Crippen LogP contribution in [0.15, 0.2) is 48.9 Å². The monoisotopic (exact) mass is 473 g/mol.